The summed E-state index contributed by atoms with van der Waals surface area (Å²) in [5, 5.41) is 7.88. The van der Waals surface area contributed by atoms with Gasteiger partial charge in [0.1, 0.15) is 22.2 Å². The van der Waals surface area contributed by atoms with Gasteiger partial charge in [-0.15, -0.1) is 35.3 Å². The smallest absolute Gasteiger partial charge is 0.434 e. The molecule has 11 heteroatoms. The number of fused-ring (bicyclic) bond motifs is 1. The fraction of sp³-hybridized carbons (Fsp3) is 0.294. The molecule has 0 amide bonds. The maximum Gasteiger partial charge on any atom is 0.434 e. The lowest BCUT2D eigenvalue weighted by Gasteiger charge is -2.10. The highest BCUT2D eigenvalue weighted by Gasteiger charge is 2.33. The summed E-state index contributed by atoms with van der Waals surface area (Å²) in [6.07, 6.45) is -4.45. The van der Waals surface area contributed by atoms with Gasteiger partial charge in [-0.3, -0.25) is 4.99 Å². The minimum atomic E-state index is -4.45. The number of hydrogen-bond acceptors (Lipinski definition) is 4. The van der Waals surface area contributed by atoms with Crippen molar-refractivity contribution in [1.29, 1.82) is 0 Å². The average molecular weight is 528 g/mol. The predicted molar refractivity (Wildman–Crippen MR) is 110 cm³/mol. The van der Waals surface area contributed by atoms with E-state index in [9.17, 15) is 17.6 Å². The minimum Gasteiger partial charge on any atom is -0.459 e. The molecule has 2 N–H and O–H groups in total. The molecule has 0 saturated carbocycles. The molecule has 0 aliphatic heterocycles. The Kier molecular flexibility index (Phi) is 7.26. The number of furan rings is 1. The van der Waals surface area contributed by atoms with E-state index in [1.807, 2.05) is 6.92 Å². The third-order valence-corrected chi connectivity index (χ3v) is 4.74. The van der Waals surface area contributed by atoms with Gasteiger partial charge in [0.2, 0.25) is 0 Å². The lowest BCUT2D eigenvalue weighted by molar-refractivity contribution is -0.140. The summed E-state index contributed by atoms with van der Waals surface area (Å²) in [5.41, 5.74) is 0.482. The number of guanidine groups is 1. The van der Waals surface area contributed by atoms with E-state index in [4.69, 9.17) is 4.42 Å². The van der Waals surface area contributed by atoms with E-state index in [-0.39, 0.29) is 42.9 Å². The monoisotopic (exact) mass is 528 g/mol. The largest absolute Gasteiger partial charge is 0.459 e. The van der Waals surface area contributed by atoms with Crippen LogP contribution in [-0.4, -0.2) is 18.0 Å². The number of nitrogens with one attached hydrogen (secondary N) is 2. The molecule has 0 unspecified atom stereocenters. The topological polar surface area (TPSA) is 62.5 Å². The zero-order valence-corrected chi connectivity index (χ0v) is 18.0. The highest BCUT2D eigenvalue weighted by Crippen LogP contribution is 2.30. The van der Waals surface area contributed by atoms with Crippen LogP contribution in [0.25, 0.3) is 11.0 Å². The van der Waals surface area contributed by atoms with Crippen LogP contribution in [-0.2, 0) is 19.3 Å². The van der Waals surface area contributed by atoms with Gasteiger partial charge >= 0.3 is 6.18 Å². The molecular weight excluding hydrogens is 511 g/mol. The number of aliphatic imine (C=N–C) groups is 1. The maximum atomic E-state index is 13.4. The number of alkyl halides is 3. The van der Waals surface area contributed by atoms with Crippen molar-refractivity contribution < 1.29 is 22.0 Å². The maximum absolute atomic E-state index is 13.4. The summed E-state index contributed by atoms with van der Waals surface area (Å²) < 4.78 is 56.8. The molecule has 28 heavy (non-hydrogen) atoms. The van der Waals surface area contributed by atoms with Gasteiger partial charge in [-0.05, 0) is 25.1 Å². The molecule has 0 spiro atoms. The molecule has 3 aromatic rings. The van der Waals surface area contributed by atoms with Gasteiger partial charge in [-0.1, -0.05) is 0 Å². The number of halogens is 5. The first-order valence-corrected chi connectivity index (χ1v) is 8.79. The molecule has 0 fully saturated rings. The van der Waals surface area contributed by atoms with Gasteiger partial charge < -0.3 is 15.1 Å². The summed E-state index contributed by atoms with van der Waals surface area (Å²) in [5.74, 6) is 0.655. The highest BCUT2D eigenvalue weighted by atomic mass is 127. The third-order valence-electron chi connectivity index (χ3n) is 3.89. The molecule has 152 valence electrons. The number of aryl methyl sites for hydroxylation is 1. The Balaban J connectivity index is 0.00000280. The van der Waals surface area contributed by atoms with Crippen molar-refractivity contribution in [3.63, 3.8) is 0 Å². The van der Waals surface area contributed by atoms with Crippen LogP contribution in [0.1, 0.15) is 22.0 Å². The molecule has 0 saturated heterocycles. The van der Waals surface area contributed by atoms with E-state index in [2.05, 4.69) is 20.6 Å². The van der Waals surface area contributed by atoms with Crippen LogP contribution in [0.4, 0.5) is 17.6 Å². The minimum absolute atomic E-state index is 0. The normalized spacial score (nSPS) is 12.1. The first-order valence-electron chi connectivity index (χ1n) is 7.91. The quantitative estimate of drug-likeness (QED) is 0.220. The van der Waals surface area contributed by atoms with Crippen LogP contribution < -0.4 is 10.6 Å². The Hall–Kier alpha value is -1.89. The van der Waals surface area contributed by atoms with Crippen LogP contribution in [0, 0.1) is 12.7 Å². The number of nitrogens with zero attached hydrogens (tertiary/aromatic N) is 2. The van der Waals surface area contributed by atoms with E-state index in [1.165, 1.54) is 12.1 Å². The molecule has 0 bridgehead atoms. The van der Waals surface area contributed by atoms with Gasteiger partial charge in [-0.2, -0.15) is 13.2 Å². The molecular formula is C17H17F4IN4OS. The van der Waals surface area contributed by atoms with Crippen molar-refractivity contribution in [1.82, 2.24) is 15.6 Å². The fourth-order valence-corrected chi connectivity index (χ4v) is 3.22. The zero-order valence-electron chi connectivity index (χ0n) is 14.9. The fourth-order valence-electron chi connectivity index (χ4n) is 2.48. The second-order valence-electron chi connectivity index (χ2n) is 5.69. The second-order valence-corrected chi connectivity index (χ2v) is 6.64. The van der Waals surface area contributed by atoms with Gasteiger partial charge in [0, 0.05) is 23.4 Å². The Morgan fingerprint density at radius 3 is 2.61 bits per heavy atom. The van der Waals surface area contributed by atoms with Gasteiger partial charge in [0.05, 0.1) is 13.1 Å². The number of aromatic nitrogens is 1. The van der Waals surface area contributed by atoms with Crippen molar-refractivity contribution in [2.24, 2.45) is 4.99 Å². The van der Waals surface area contributed by atoms with E-state index < -0.39 is 11.9 Å². The number of benzene rings is 1. The average Bonchev–Trinajstić information content (AvgIpc) is 3.21. The van der Waals surface area contributed by atoms with Crippen molar-refractivity contribution in [2.75, 3.05) is 7.05 Å². The number of rotatable bonds is 4. The van der Waals surface area contributed by atoms with Crippen LogP contribution in [0.3, 0.4) is 0 Å². The summed E-state index contributed by atoms with van der Waals surface area (Å²) in [6.45, 7) is 2.21. The molecule has 0 aliphatic carbocycles. The van der Waals surface area contributed by atoms with E-state index in [1.54, 1.807) is 13.1 Å². The first-order chi connectivity index (χ1) is 12.8. The molecule has 3 rings (SSSR count). The Morgan fingerprint density at radius 1 is 1.25 bits per heavy atom. The van der Waals surface area contributed by atoms with Crippen molar-refractivity contribution in [2.45, 2.75) is 26.2 Å². The standard InChI is InChI=1S/C17H16F4N4OS.HI/c1-9-11-5-10(18)3-4-12(11)26-13(9)6-23-16(22-2)24-7-15-25-14(8-27-15)17(19,20)21;/h3-5,8H,6-7H2,1-2H3,(H2,22,23,24);1H. The second kappa shape index (κ2) is 9.07. The highest BCUT2D eigenvalue weighted by molar-refractivity contribution is 14.0. The molecule has 2 aromatic heterocycles. The Labute approximate surface area is 179 Å². The van der Waals surface area contributed by atoms with Crippen molar-refractivity contribution in [3.8, 4) is 0 Å². The molecule has 0 atom stereocenters. The summed E-state index contributed by atoms with van der Waals surface area (Å²) in [7, 11) is 1.54. The van der Waals surface area contributed by atoms with E-state index in [0.29, 0.717) is 27.7 Å². The molecule has 5 nitrogen and oxygen atoms in total. The first kappa shape index (κ1) is 22.4. The summed E-state index contributed by atoms with van der Waals surface area (Å²) >= 11 is 0.920. The zero-order chi connectivity index (χ0) is 19.6. The third kappa shape index (κ3) is 5.13. The van der Waals surface area contributed by atoms with Crippen molar-refractivity contribution >= 4 is 52.2 Å². The summed E-state index contributed by atoms with van der Waals surface area (Å²) in [4.78, 5) is 7.57. The van der Waals surface area contributed by atoms with Crippen LogP contribution in [0.2, 0.25) is 0 Å². The van der Waals surface area contributed by atoms with Gasteiger partial charge in [-0.25, -0.2) is 9.37 Å². The van der Waals surface area contributed by atoms with E-state index >= 15 is 0 Å². The Morgan fingerprint density at radius 2 is 1.96 bits per heavy atom. The lowest BCUT2D eigenvalue weighted by Crippen LogP contribution is -2.36. The SMILES string of the molecule is CN=C(NCc1nc(C(F)(F)F)cs1)NCc1oc2ccc(F)cc2c1C.I. The van der Waals surface area contributed by atoms with Crippen LogP contribution >= 0.6 is 35.3 Å². The van der Waals surface area contributed by atoms with Gasteiger partial charge in [0.25, 0.3) is 0 Å². The van der Waals surface area contributed by atoms with Crippen molar-refractivity contribution in [3.05, 3.63) is 51.4 Å². The van der Waals surface area contributed by atoms with Crippen LogP contribution in [0.5, 0.6) is 0 Å². The Bertz CT molecular complexity index is 983. The predicted octanol–water partition coefficient (Wildman–Crippen LogP) is 4.84. The number of thiazole rings is 1. The summed E-state index contributed by atoms with van der Waals surface area (Å²) in [6, 6.07) is 4.30. The molecule has 0 aliphatic rings. The lowest BCUT2D eigenvalue weighted by atomic mass is 10.1. The van der Waals surface area contributed by atoms with Gasteiger partial charge in [0.15, 0.2) is 11.7 Å². The molecule has 2 heterocycles. The van der Waals surface area contributed by atoms with E-state index in [0.717, 1.165) is 22.3 Å². The molecule has 1 aromatic carbocycles. The number of hydrogen-bond donors (Lipinski definition) is 2. The molecule has 0 radical (unpaired) electrons. The van der Waals surface area contributed by atoms with Crippen LogP contribution in [0.15, 0.2) is 33.0 Å².